The third-order valence-corrected chi connectivity index (χ3v) is 3.47. The van der Waals surface area contributed by atoms with Crippen molar-refractivity contribution in [2.75, 3.05) is 18.5 Å². The Kier molecular flexibility index (Phi) is 5.13. The molecule has 2 N–H and O–H groups in total. The van der Waals surface area contributed by atoms with E-state index in [0.717, 1.165) is 4.52 Å². The van der Waals surface area contributed by atoms with Gasteiger partial charge in [0.2, 0.25) is 0 Å². The highest BCUT2D eigenvalue weighted by Gasteiger charge is 2.36. The zero-order chi connectivity index (χ0) is 19.6. The summed E-state index contributed by atoms with van der Waals surface area (Å²) >= 11 is 0. The summed E-state index contributed by atoms with van der Waals surface area (Å²) in [6, 6.07) is 6.76. The summed E-state index contributed by atoms with van der Waals surface area (Å²) in [5, 5.41) is 16.2. The number of nitrogens with zero attached hydrogens (tertiary/aromatic N) is 4. The first kappa shape index (κ1) is 18.8. The largest absolute Gasteiger partial charge is 0.491 e. The number of aliphatic hydroxyl groups excluding tert-OH is 1. The Labute approximate surface area is 150 Å². The molecule has 0 spiro atoms. The maximum atomic E-state index is 12.8. The third kappa shape index (κ3) is 4.61. The molecular formula is C16H15F4N5O2. The van der Waals surface area contributed by atoms with Crippen molar-refractivity contribution >= 4 is 11.6 Å². The Morgan fingerprint density at radius 2 is 1.93 bits per heavy atom. The maximum absolute atomic E-state index is 12.8. The average Bonchev–Trinajstić information content (AvgIpc) is 3.03. The molecule has 0 saturated carbocycles. The third-order valence-electron chi connectivity index (χ3n) is 3.47. The lowest BCUT2D eigenvalue weighted by Crippen LogP contribution is -2.27. The predicted molar refractivity (Wildman–Crippen MR) is 86.9 cm³/mol. The van der Waals surface area contributed by atoms with Gasteiger partial charge in [-0.3, -0.25) is 0 Å². The van der Waals surface area contributed by atoms with Gasteiger partial charge in [0.25, 0.3) is 11.6 Å². The molecule has 2 aromatic heterocycles. The molecule has 27 heavy (non-hydrogen) atoms. The summed E-state index contributed by atoms with van der Waals surface area (Å²) in [5.74, 6) is -1.34. The molecular weight excluding hydrogens is 370 g/mol. The van der Waals surface area contributed by atoms with Crippen LogP contribution in [0.1, 0.15) is 11.5 Å². The van der Waals surface area contributed by atoms with E-state index < -0.39 is 23.9 Å². The number of ether oxygens (including phenoxy) is 1. The Morgan fingerprint density at radius 3 is 2.59 bits per heavy atom. The number of aromatic nitrogens is 4. The number of fused-ring (bicyclic) bond motifs is 1. The van der Waals surface area contributed by atoms with Crippen molar-refractivity contribution in [1.29, 1.82) is 0 Å². The van der Waals surface area contributed by atoms with Gasteiger partial charge in [-0.05, 0) is 31.2 Å². The van der Waals surface area contributed by atoms with Gasteiger partial charge in [-0.1, -0.05) is 0 Å². The van der Waals surface area contributed by atoms with Crippen molar-refractivity contribution < 1.29 is 27.4 Å². The highest BCUT2D eigenvalue weighted by Crippen LogP contribution is 2.27. The van der Waals surface area contributed by atoms with E-state index in [9.17, 15) is 22.7 Å². The summed E-state index contributed by atoms with van der Waals surface area (Å²) < 4.78 is 57.4. The van der Waals surface area contributed by atoms with Crippen LogP contribution in [0.5, 0.6) is 5.75 Å². The van der Waals surface area contributed by atoms with Crippen LogP contribution < -0.4 is 10.1 Å². The molecule has 0 saturated heterocycles. The molecule has 1 unspecified atom stereocenters. The van der Waals surface area contributed by atoms with Gasteiger partial charge in [-0.15, -0.1) is 5.10 Å². The van der Waals surface area contributed by atoms with E-state index in [1.54, 1.807) is 6.92 Å². The molecule has 0 amide bonds. The highest BCUT2D eigenvalue weighted by molar-refractivity contribution is 5.45. The fourth-order valence-electron chi connectivity index (χ4n) is 2.24. The van der Waals surface area contributed by atoms with Crippen LogP contribution in [0.2, 0.25) is 0 Å². The van der Waals surface area contributed by atoms with Crippen LogP contribution in [0.25, 0.3) is 5.78 Å². The van der Waals surface area contributed by atoms with Gasteiger partial charge in [-0.25, -0.2) is 9.37 Å². The van der Waals surface area contributed by atoms with Gasteiger partial charge < -0.3 is 15.2 Å². The fourth-order valence-corrected chi connectivity index (χ4v) is 2.24. The lowest BCUT2D eigenvalue weighted by molar-refractivity contribution is -0.144. The minimum absolute atomic E-state index is 0.0268. The molecule has 3 rings (SSSR count). The van der Waals surface area contributed by atoms with E-state index in [2.05, 4.69) is 20.4 Å². The Hall–Kier alpha value is -2.95. The molecule has 2 heterocycles. The van der Waals surface area contributed by atoms with Crippen molar-refractivity contribution in [3.63, 3.8) is 0 Å². The van der Waals surface area contributed by atoms with Crippen LogP contribution in [0, 0.1) is 12.7 Å². The van der Waals surface area contributed by atoms with Crippen LogP contribution in [-0.4, -0.2) is 43.9 Å². The number of nitrogens with one attached hydrogen (secondary N) is 1. The van der Waals surface area contributed by atoms with Crippen LogP contribution in [0.4, 0.5) is 23.4 Å². The van der Waals surface area contributed by atoms with Gasteiger partial charge in [0.05, 0.1) is 0 Å². The van der Waals surface area contributed by atoms with E-state index >= 15 is 0 Å². The number of alkyl halides is 3. The molecule has 1 atom stereocenters. The van der Waals surface area contributed by atoms with Crippen molar-refractivity contribution in [1.82, 2.24) is 19.6 Å². The Bertz CT molecular complexity index is 927. The zero-order valence-corrected chi connectivity index (χ0v) is 14.0. The summed E-state index contributed by atoms with van der Waals surface area (Å²) in [7, 11) is 0. The topological polar surface area (TPSA) is 84.6 Å². The molecule has 11 heteroatoms. The van der Waals surface area contributed by atoms with Crippen molar-refractivity contribution in [3.8, 4) is 5.75 Å². The first-order valence-electron chi connectivity index (χ1n) is 7.84. The molecule has 0 aliphatic carbocycles. The number of hydrogen-bond donors (Lipinski definition) is 2. The van der Waals surface area contributed by atoms with E-state index in [1.165, 1.54) is 30.3 Å². The highest BCUT2D eigenvalue weighted by atomic mass is 19.4. The molecule has 1 aromatic carbocycles. The molecule has 144 valence electrons. The quantitative estimate of drug-likeness (QED) is 0.634. The number of aryl methyl sites for hydroxylation is 1. The van der Waals surface area contributed by atoms with E-state index in [1.807, 2.05) is 0 Å². The number of rotatable bonds is 6. The van der Waals surface area contributed by atoms with Gasteiger partial charge in [0.1, 0.15) is 30.1 Å². The van der Waals surface area contributed by atoms with Gasteiger partial charge in [0.15, 0.2) is 0 Å². The second-order valence-corrected chi connectivity index (χ2v) is 5.73. The van der Waals surface area contributed by atoms with Crippen molar-refractivity contribution in [2.24, 2.45) is 0 Å². The molecule has 7 nitrogen and oxygen atoms in total. The molecule has 0 bridgehead atoms. The first-order valence-corrected chi connectivity index (χ1v) is 7.84. The number of anilines is 1. The van der Waals surface area contributed by atoms with E-state index in [-0.39, 0.29) is 24.7 Å². The molecule has 0 radical (unpaired) electrons. The SMILES string of the molecule is Cc1cc(NCC(O)COc2ccc(F)cc2)n2nc(C(F)(F)F)nc2n1. The molecule has 0 aliphatic heterocycles. The van der Waals surface area contributed by atoms with Crippen molar-refractivity contribution in [2.45, 2.75) is 19.2 Å². The van der Waals surface area contributed by atoms with E-state index in [0.29, 0.717) is 11.4 Å². The van der Waals surface area contributed by atoms with E-state index in [4.69, 9.17) is 4.74 Å². The smallest absolute Gasteiger partial charge is 0.453 e. The number of benzene rings is 1. The zero-order valence-electron chi connectivity index (χ0n) is 14.0. The molecule has 0 fully saturated rings. The van der Waals surface area contributed by atoms with Crippen LogP contribution in [0.15, 0.2) is 30.3 Å². The van der Waals surface area contributed by atoms with Crippen LogP contribution >= 0.6 is 0 Å². The van der Waals surface area contributed by atoms with Gasteiger partial charge >= 0.3 is 6.18 Å². The predicted octanol–water partition coefficient (Wildman–Crippen LogP) is 2.44. The first-order chi connectivity index (χ1) is 12.7. The standard InChI is InChI=1S/C16H15F4N5O2/c1-9-6-13(25-15(22-9)23-14(24-25)16(18,19)20)21-7-11(26)8-27-12-4-2-10(17)3-5-12/h2-6,11,21,26H,7-8H2,1H3. The van der Waals surface area contributed by atoms with Crippen LogP contribution in [-0.2, 0) is 6.18 Å². The maximum Gasteiger partial charge on any atom is 0.453 e. The summed E-state index contributed by atoms with van der Waals surface area (Å²) in [6.07, 6.45) is -5.68. The number of hydrogen-bond acceptors (Lipinski definition) is 6. The Morgan fingerprint density at radius 1 is 1.22 bits per heavy atom. The van der Waals surface area contributed by atoms with Gasteiger partial charge in [0, 0.05) is 18.3 Å². The lowest BCUT2D eigenvalue weighted by atomic mass is 10.3. The monoisotopic (exact) mass is 385 g/mol. The summed E-state index contributed by atoms with van der Waals surface area (Å²) in [4.78, 5) is 7.29. The van der Waals surface area contributed by atoms with Crippen molar-refractivity contribution in [3.05, 3.63) is 47.7 Å². The molecule has 3 aromatic rings. The fraction of sp³-hybridized carbons (Fsp3) is 0.312. The lowest BCUT2D eigenvalue weighted by Gasteiger charge is -2.14. The second kappa shape index (κ2) is 7.35. The molecule has 0 aliphatic rings. The Balaban J connectivity index is 1.66. The summed E-state index contributed by atoms with van der Waals surface area (Å²) in [5.41, 5.74) is 0.433. The second-order valence-electron chi connectivity index (χ2n) is 5.73. The minimum atomic E-state index is -4.69. The number of halogens is 4. The average molecular weight is 385 g/mol. The normalized spacial score (nSPS) is 13.0. The number of aliphatic hydroxyl groups is 1. The summed E-state index contributed by atoms with van der Waals surface area (Å²) in [6.45, 7) is 1.47. The van der Waals surface area contributed by atoms with Crippen LogP contribution in [0.3, 0.4) is 0 Å². The minimum Gasteiger partial charge on any atom is -0.491 e. The van der Waals surface area contributed by atoms with Gasteiger partial charge in [-0.2, -0.15) is 22.7 Å².